The van der Waals surface area contributed by atoms with E-state index in [0.717, 1.165) is 16.4 Å². The maximum absolute atomic E-state index is 12.1. The molecule has 0 aromatic carbocycles. The fraction of sp³-hybridized carbons (Fsp3) is 0.636. The molecule has 0 amide bonds. The Morgan fingerprint density at radius 2 is 2.22 bits per heavy atom. The zero-order chi connectivity index (χ0) is 13.6. The predicted molar refractivity (Wildman–Crippen MR) is 79.9 cm³/mol. The molecule has 0 spiro atoms. The summed E-state index contributed by atoms with van der Waals surface area (Å²) in [6.45, 7) is 4.65. The quantitative estimate of drug-likeness (QED) is 0.770. The topological polar surface area (TPSA) is 58.2 Å². The first-order valence-electron chi connectivity index (χ1n) is 5.81. The first kappa shape index (κ1) is 16.0. The van der Waals surface area contributed by atoms with E-state index in [-0.39, 0.29) is 6.04 Å². The minimum absolute atomic E-state index is 0.0485. The van der Waals surface area contributed by atoms with Crippen LogP contribution in [0.15, 0.2) is 16.3 Å². The largest absolute Gasteiger partial charge is 0.315 e. The highest BCUT2D eigenvalue weighted by Gasteiger charge is 2.18. The molecular weight excluding hydrogens is 288 g/mol. The van der Waals surface area contributed by atoms with Gasteiger partial charge in [-0.2, -0.15) is 11.8 Å². The monoisotopic (exact) mass is 308 g/mol. The van der Waals surface area contributed by atoms with Crippen molar-refractivity contribution < 1.29 is 8.42 Å². The maximum atomic E-state index is 12.1. The Hall–Kier alpha value is -0.0800. The summed E-state index contributed by atoms with van der Waals surface area (Å²) in [5.41, 5.74) is 0. The summed E-state index contributed by atoms with van der Waals surface area (Å²) < 4.78 is 26.9. The van der Waals surface area contributed by atoms with Gasteiger partial charge in [0.25, 0.3) is 0 Å². The molecule has 2 N–H and O–H groups in total. The molecule has 1 atom stereocenters. The van der Waals surface area contributed by atoms with Gasteiger partial charge in [-0.15, -0.1) is 11.3 Å². The molecule has 18 heavy (non-hydrogen) atoms. The highest BCUT2D eigenvalue weighted by atomic mass is 32.2. The van der Waals surface area contributed by atoms with Crippen LogP contribution in [0.25, 0.3) is 0 Å². The van der Waals surface area contributed by atoms with Crippen LogP contribution in [-0.2, 0) is 16.6 Å². The highest BCUT2D eigenvalue weighted by molar-refractivity contribution is 7.99. The predicted octanol–water partition coefficient (Wildman–Crippen LogP) is 1.89. The summed E-state index contributed by atoms with van der Waals surface area (Å²) in [6, 6.07) is 1.68. The Balaban J connectivity index is 2.67. The number of rotatable bonds is 8. The van der Waals surface area contributed by atoms with E-state index >= 15 is 0 Å². The molecule has 1 aromatic heterocycles. The molecule has 4 nitrogen and oxygen atoms in total. The van der Waals surface area contributed by atoms with Gasteiger partial charge in [-0.1, -0.05) is 6.92 Å². The summed E-state index contributed by atoms with van der Waals surface area (Å²) in [6.07, 6.45) is 0. The molecule has 0 bridgehead atoms. The van der Waals surface area contributed by atoms with Crippen LogP contribution in [0.4, 0.5) is 0 Å². The fourth-order valence-corrected chi connectivity index (χ4v) is 4.74. The SMILES string of the molecule is CCSCC(C)NS(=O)(=O)c1csc(CNC)c1. The lowest BCUT2D eigenvalue weighted by molar-refractivity contribution is 0.571. The number of nitrogens with one attached hydrogen (secondary N) is 2. The Morgan fingerprint density at radius 1 is 1.50 bits per heavy atom. The molecule has 7 heteroatoms. The van der Waals surface area contributed by atoms with E-state index in [4.69, 9.17) is 0 Å². The molecule has 0 saturated carbocycles. The second kappa shape index (κ2) is 7.49. The average Bonchev–Trinajstić information content (AvgIpc) is 2.75. The van der Waals surface area contributed by atoms with Crippen molar-refractivity contribution >= 4 is 33.1 Å². The van der Waals surface area contributed by atoms with Gasteiger partial charge in [-0.05, 0) is 25.8 Å². The van der Waals surface area contributed by atoms with Crippen molar-refractivity contribution in [1.82, 2.24) is 10.0 Å². The van der Waals surface area contributed by atoms with E-state index in [9.17, 15) is 8.42 Å². The second-order valence-corrected chi connectivity index (χ2v) is 7.99. The molecule has 0 aliphatic carbocycles. The minimum atomic E-state index is -3.37. The first-order chi connectivity index (χ1) is 8.49. The third kappa shape index (κ3) is 4.89. The first-order valence-corrected chi connectivity index (χ1v) is 9.33. The summed E-state index contributed by atoms with van der Waals surface area (Å²) in [5, 5.41) is 4.70. The van der Waals surface area contributed by atoms with Gasteiger partial charge in [0.2, 0.25) is 10.0 Å². The molecule has 0 aliphatic heterocycles. The van der Waals surface area contributed by atoms with E-state index in [2.05, 4.69) is 17.0 Å². The molecule has 1 aromatic rings. The molecule has 0 fully saturated rings. The lowest BCUT2D eigenvalue weighted by atomic mass is 10.4. The number of thioether (sulfide) groups is 1. The van der Waals surface area contributed by atoms with Crippen molar-refractivity contribution in [2.45, 2.75) is 31.3 Å². The third-order valence-electron chi connectivity index (χ3n) is 2.22. The van der Waals surface area contributed by atoms with Gasteiger partial charge in [-0.3, -0.25) is 0 Å². The van der Waals surface area contributed by atoms with Crippen LogP contribution in [0.1, 0.15) is 18.7 Å². The van der Waals surface area contributed by atoms with Gasteiger partial charge in [0.15, 0.2) is 0 Å². The van der Waals surface area contributed by atoms with E-state index < -0.39 is 10.0 Å². The van der Waals surface area contributed by atoms with E-state index in [0.29, 0.717) is 11.4 Å². The van der Waals surface area contributed by atoms with Crippen molar-refractivity contribution in [3.63, 3.8) is 0 Å². The lowest BCUT2D eigenvalue weighted by Gasteiger charge is -2.12. The minimum Gasteiger partial charge on any atom is -0.315 e. The molecule has 0 saturated heterocycles. The van der Waals surface area contributed by atoms with Crippen molar-refractivity contribution in [3.05, 3.63) is 16.3 Å². The zero-order valence-corrected chi connectivity index (χ0v) is 13.3. The van der Waals surface area contributed by atoms with Gasteiger partial charge < -0.3 is 5.32 Å². The molecule has 1 heterocycles. The van der Waals surface area contributed by atoms with Crippen molar-refractivity contribution in [2.24, 2.45) is 0 Å². The summed E-state index contributed by atoms with van der Waals surface area (Å²) in [7, 11) is -1.52. The van der Waals surface area contributed by atoms with Crippen molar-refractivity contribution in [2.75, 3.05) is 18.6 Å². The molecule has 1 unspecified atom stereocenters. The summed E-state index contributed by atoms with van der Waals surface area (Å²) in [4.78, 5) is 1.39. The Kier molecular flexibility index (Phi) is 6.65. The van der Waals surface area contributed by atoms with Gasteiger partial charge in [0.1, 0.15) is 0 Å². The standard InChI is InChI=1S/C11H20N2O2S3/c1-4-16-7-9(2)13-18(14,15)11-5-10(6-12-3)17-8-11/h5,8-9,12-13H,4,6-7H2,1-3H3. The third-order valence-corrected chi connectivity index (χ3v) is 6.02. The van der Waals surface area contributed by atoms with Crippen molar-refractivity contribution in [3.8, 4) is 0 Å². The van der Waals surface area contributed by atoms with Gasteiger partial charge in [0, 0.05) is 28.6 Å². The Bertz CT molecular complexity index is 457. The zero-order valence-electron chi connectivity index (χ0n) is 10.9. The lowest BCUT2D eigenvalue weighted by Crippen LogP contribution is -2.34. The number of sulfonamides is 1. The number of hydrogen-bond donors (Lipinski definition) is 2. The number of thiophene rings is 1. The van der Waals surface area contributed by atoms with Gasteiger partial charge >= 0.3 is 0 Å². The highest BCUT2D eigenvalue weighted by Crippen LogP contribution is 2.19. The second-order valence-electron chi connectivity index (χ2n) is 3.96. The van der Waals surface area contributed by atoms with Crippen LogP contribution in [0.2, 0.25) is 0 Å². The van der Waals surface area contributed by atoms with Crippen LogP contribution >= 0.6 is 23.1 Å². The van der Waals surface area contributed by atoms with Crippen LogP contribution in [0, 0.1) is 0 Å². The summed E-state index contributed by atoms with van der Waals surface area (Å²) >= 11 is 3.19. The van der Waals surface area contributed by atoms with Crippen molar-refractivity contribution in [1.29, 1.82) is 0 Å². The normalized spacial score (nSPS) is 13.7. The number of hydrogen-bond acceptors (Lipinski definition) is 5. The maximum Gasteiger partial charge on any atom is 0.241 e. The van der Waals surface area contributed by atoms with Crippen LogP contribution in [0.3, 0.4) is 0 Å². The average molecular weight is 308 g/mol. The van der Waals surface area contributed by atoms with E-state index in [1.165, 1.54) is 11.3 Å². The summed E-state index contributed by atoms with van der Waals surface area (Å²) in [5.74, 6) is 1.79. The molecule has 1 rings (SSSR count). The fourth-order valence-electron chi connectivity index (χ4n) is 1.43. The Labute approximate surface area is 118 Å². The molecular formula is C11H20N2O2S3. The van der Waals surface area contributed by atoms with E-state index in [1.54, 1.807) is 23.2 Å². The van der Waals surface area contributed by atoms with Gasteiger partial charge in [0.05, 0.1) is 4.90 Å². The smallest absolute Gasteiger partial charge is 0.241 e. The van der Waals surface area contributed by atoms with Crippen LogP contribution in [-0.4, -0.2) is 33.0 Å². The molecule has 104 valence electrons. The van der Waals surface area contributed by atoms with Crippen LogP contribution < -0.4 is 10.0 Å². The van der Waals surface area contributed by atoms with Crippen LogP contribution in [0.5, 0.6) is 0 Å². The molecule has 0 aliphatic rings. The Morgan fingerprint density at radius 3 is 2.83 bits per heavy atom. The molecule has 0 radical (unpaired) electrons. The van der Waals surface area contributed by atoms with Gasteiger partial charge in [-0.25, -0.2) is 13.1 Å². The van der Waals surface area contributed by atoms with E-state index in [1.807, 2.05) is 14.0 Å².